The Hall–Kier alpha value is -3.32. The fraction of sp³-hybridized carbons (Fsp3) is 0.167. The zero-order chi connectivity index (χ0) is 22.1. The quantitative estimate of drug-likeness (QED) is 0.463. The molecule has 3 aromatic rings. The Balaban J connectivity index is 1.47. The summed E-state index contributed by atoms with van der Waals surface area (Å²) in [6, 6.07) is 24.6. The minimum absolute atomic E-state index is 0.222. The SMILES string of the molecule is CCC(Oc1ccc(-c2ccccc2)cc1)C(=O)NNC(=O)COc1ccc(Br)cc1. The van der Waals surface area contributed by atoms with Crippen molar-refractivity contribution in [3.63, 3.8) is 0 Å². The predicted octanol–water partition coefficient (Wildman–Crippen LogP) is 4.50. The molecule has 2 amide bonds. The molecular weight excluding hydrogens is 460 g/mol. The number of carbonyl (C=O) groups is 2. The number of rotatable bonds is 8. The maximum atomic E-state index is 12.4. The van der Waals surface area contributed by atoms with Crippen LogP contribution in [0.4, 0.5) is 0 Å². The second kappa shape index (κ2) is 11.2. The molecule has 1 atom stereocenters. The molecule has 1 unspecified atom stereocenters. The van der Waals surface area contributed by atoms with Crippen molar-refractivity contribution in [3.8, 4) is 22.6 Å². The monoisotopic (exact) mass is 482 g/mol. The number of hydrazine groups is 1. The molecule has 0 spiro atoms. The fourth-order valence-electron chi connectivity index (χ4n) is 2.77. The van der Waals surface area contributed by atoms with E-state index in [1.807, 2.05) is 73.7 Å². The second-order valence-corrected chi connectivity index (χ2v) is 7.60. The Morgan fingerprint density at radius 1 is 0.839 bits per heavy atom. The van der Waals surface area contributed by atoms with E-state index >= 15 is 0 Å². The Morgan fingerprint density at radius 2 is 1.45 bits per heavy atom. The molecule has 7 heteroatoms. The lowest BCUT2D eigenvalue weighted by Gasteiger charge is -2.18. The maximum absolute atomic E-state index is 12.4. The van der Waals surface area contributed by atoms with Gasteiger partial charge < -0.3 is 9.47 Å². The zero-order valence-electron chi connectivity index (χ0n) is 17.0. The number of hydrogen-bond acceptors (Lipinski definition) is 4. The van der Waals surface area contributed by atoms with Crippen LogP contribution in [0.1, 0.15) is 13.3 Å². The van der Waals surface area contributed by atoms with E-state index in [0.29, 0.717) is 17.9 Å². The molecule has 2 N–H and O–H groups in total. The third kappa shape index (κ3) is 6.86. The van der Waals surface area contributed by atoms with E-state index in [-0.39, 0.29) is 6.61 Å². The summed E-state index contributed by atoms with van der Waals surface area (Å²) >= 11 is 3.33. The number of hydrogen-bond donors (Lipinski definition) is 2. The molecule has 3 aromatic carbocycles. The first kappa shape index (κ1) is 22.4. The number of benzene rings is 3. The van der Waals surface area contributed by atoms with Crippen LogP contribution in [0.25, 0.3) is 11.1 Å². The Labute approximate surface area is 189 Å². The predicted molar refractivity (Wildman–Crippen MR) is 123 cm³/mol. The van der Waals surface area contributed by atoms with Crippen LogP contribution in [-0.2, 0) is 9.59 Å². The van der Waals surface area contributed by atoms with Crippen LogP contribution in [0.3, 0.4) is 0 Å². The van der Waals surface area contributed by atoms with Crippen molar-refractivity contribution in [3.05, 3.63) is 83.3 Å². The van der Waals surface area contributed by atoms with Crippen LogP contribution in [0.15, 0.2) is 83.3 Å². The molecular formula is C24H23BrN2O4. The van der Waals surface area contributed by atoms with Gasteiger partial charge in [-0.3, -0.25) is 20.4 Å². The maximum Gasteiger partial charge on any atom is 0.279 e. The van der Waals surface area contributed by atoms with E-state index in [2.05, 4.69) is 26.8 Å². The van der Waals surface area contributed by atoms with Crippen molar-refractivity contribution in [1.29, 1.82) is 0 Å². The molecule has 0 aliphatic rings. The van der Waals surface area contributed by atoms with Crippen LogP contribution < -0.4 is 20.3 Å². The normalized spacial score (nSPS) is 11.3. The van der Waals surface area contributed by atoms with E-state index in [0.717, 1.165) is 15.6 Å². The number of ether oxygens (including phenoxy) is 2. The smallest absolute Gasteiger partial charge is 0.279 e. The van der Waals surface area contributed by atoms with Gasteiger partial charge in [-0.1, -0.05) is 65.3 Å². The summed E-state index contributed by atoms with van der Waals surface area (Å²) in [6.45, 7) is 1.61. The van der Waals surface area contributed by atoms with Gasteiger partial charge in [-0.2, -0.15) is 0 Å². The summed E-state index contributed by atoms with van der Waals surface area (Å²) in [7, 11) is 0. The summed E-state index contributed by atoms with van der Waals surface area (Å²) in [5.41, 5.74) is 6.89. The second-order valence-electron chi connectivity index (χ2n) is 6.69. The largest absolute Gasteiger partial charge is 0.484 e. The van der Waals surface area contributed by atoms with E-state index in [1.54, 1.807) is 12.1 Å². The third-order valence-electron chi connectivity index (χ3n) is 4.41. The van der Waals surface area contributed by atoms with E-state index < -0.39 is 17.9 Å². The van der Waals surface area contributed by atoms with Gasteiger partial charge in [0.2, 0.25) is 0 Å². The molecule has 0 aliphatic carbocycles. The minimum atomic E-state index is -0.740. The first-order chi connectivity index (χ1) is 15.0. The molecule has 0 bridgehead atoms. The molecule has 0 radical (unpaired) electrons. The summed E-state index contributed by atoms with van der Waals surface area (Å²) in [4.78, 5) is 24.3. The highest BCUT2D eigenvalue weighted by Crippen LogP contribution is 2.23. The highest BCUT2D eigenvalue weighted by atomic mass is 79.9. The summed E-state index contributed by atoms with van der Waals surface area (Å²) in [5, 5.41) is 0. The molecule has 31 heavy (non-hydrogen) atoms. The van der Waals surface area contributed by atoms with Gasteiger partial charge in [0.25, 0.3) is 11.8 Å². The van der Waals surface area contributed by atoms with Crippen molar-refractivity contribution in [2.75, 3.05) is 6.61 Å². The lowest BCUT2D eigenvalue weighted by atomic mass is 10.1. The van der Waals surface area contributed by atoms with Gasteiger partial charge in [-0.05, 0) is 53.9 Å². The Morgan fingerprint density at radius 3 is 2.10 bits per heavy atom. The van der Waals surface area contributed by atoms with Crippen molar-refractivity contribution in [2.24, 2.45) is 0 Å². The number of amides is 2. The molecule has 0 saturated carbocycles. The van der Waals surface area contributed by atoms with Crippen LogP contribution >= 0.6 is 15.9 Å². The van der Waals surface area contributed by atoms with Gasteiger partial charge >= 0.3 is 0 Å². The van der Waals surface area contributed by atoms with Gasteiger partial charge in [-0.25, -0.2) is 0 Å². The van der Waals surface area contributed by atoms with Crippen molar-refractivity contribution in [1.82, 2.24) is 10.9 Å². The Kier molecular flexibility index (Phi) is 8.06. The van der Waals surface area contributed by atoms with Gasteiger partial charge in [0, 0.05) is 4.47 Å². The van der Waals surface area contributed by atoms with Crippen LogP contribution in [0, 0.1) is 0 Å². The lowest BCUT2D eigenvalue weighted by molar-refractivity contribution is -0.134. The van der Waals surface area contributed by atoms with Crippen LogP contribution in [0.5, 0.6) is 11.5 Å². The van der Waals surface area contributed by atoms with Crippen LogP contribution in [-0.4, -0.2) is 24.5 Å². The highest BCUT2D eigenvalue weighted by molar-refractivity contribution is 9.10. The molecule has 0 saturated heterocycles. The van der Waals surface area contributed by atoms with Crippen LogP contribution in [0.2, 0.25) is 0 Å². The minimum Gasteiger partial charge on any atom is -0.484 e. The van der Waals surface area contributed by atoms with Crippen molar-refractivity contribution >= 4 is 27.7 Å². The number of halogens is 1. The van der Waals surface area contributed by atoms with Gasteiger partial charge in [0.15, 0.2) is 12.7 Å². The van der Waals surface area contributed by atoms with E-state index in [1.165, 1.54) is 0 Å². The molecule has 0 aliphatic heterocycles. The van der Waals surface area contributed by atoms with E-state index in [9.17, 15) is 9.59 Å². The Bertz CT molecular complexity index is 992. The molecule has 0 fully saturated rings. The van der Waals surface area contributed by atoms with Gasteiger partial charge in [0.05, 0.1) is 0 Å². The third-order valence-corrected chi connectivity index (χ3v) is 4.94. The fourth-order valence-corrected chi connectivity index (χ4v) is 3.03. The van der Waals surface area contributed by atoms with Crippen molar-refractivity contribution in [2.45, 2.75) is 19.4 Å². The average molecular weight is 483 g/mol. The average Bonchev–Trinajstić information content (AvgIpc) is 2.81. The number of nitrogens with one attached hydrogen (secondary N) is 2. The molecule has 160 valence electrons. The van der Waals surface area contributed by atoms with Gasteiger partial charge in [0.1, 0.15) is 11.5 Å². The topological polar surface area (TPSA) is 76.7 Å². The van der Waals surface area contributed by atoms with Crippen molar-refractivity contribution < 1.29 is 19.1 Å². The number of carbonyl (C=O) groups excluding carboxylic acids is 2. The summed E-state index contributed by atoms with van der Waals surface area (Å²) in [6.07, 6.45) is -0.298. The molecule has 0 aromatic heterocycles. The first-order valence-corrected chi connectivity index (χ1v) is 10.6. The molecule has 3 rings (SSSR count). The standard InChI is InChI=1S/C24H23BrN2O4/c1-2-22(31-21-12-8-18(9-13-21)17-6-4-3-5-7-17)24(29)27-26-23(28)16-30-20-14-10-19(25)11-15-20/h3-15,22H,2,16H2,1H3,(H,26,28)(H,27,29). The zero-order valence-corrected chi connectivity index (χ0v) is 18.6. The van der Waals surface area contributed by atoms with E-state index in [4.69, 9.17) is 9.47 Å². The first-order valence-electron chi connectivity index (χ1n) is 9.84. The molecule has 0 heterocycles. The highest BCUT2D eigenvalue weighted by Gasteiger charge is 2.19. The van der Waals surface area contributed by atoms with Gasteiger partial charge in [-0.15, -0.1) is 0 Å². The summed E-state index contributed by atoms with van der Waals surface area (Å²) in [5.74, 6) is 0.218. The molecule has 6 nitrogen and oxygen atoms in total. The summed E-state index contributed by atoms with van der Waals surface area (Å²) < 4.78 is 12.1. The lowest BCUT2D eigenvalue weighted by Crippen LogP contribution is -2.49.